The lowest BCUT2D eigenvalue weighted by Crippen LogP contribution is -2.32. The van der Waals surface area contributed by atoms with E-state index in [1.165, 1.54) is 6.07 Å². The van der Waals surface area contributed by atoms with Crippen LogP contribution in [0.25, 0.3) is 0 Å². The van der Waals surface area contributed by atoms with Crippen molar-refractivity contribution in [3.8, 4) is 0 Å². The highest BCUT2D eigenvalue weighted by molar-refractivity contribution is 6.30. The van der Waals surface area contributed by atoms with Crippen molar-refractivity contribution in [3.63, 3.8) is 0 Å². The summed E-state index contributed by atoms with van der Waals surface area (Å²) in [5.41, 5.74) is 0.412. The number of nitrogens with one attached hydrogen (secondary N) is 2. The molecule has 2 N–H and O–H groups in total. The summed E-state index contributed by atoms with van der Waals surface area (Å²) in [4.78, 5) is 12.2. The van der Waals surface area contributed by atoms with Gasteiger partial charge in [-0.25, -0.2) is 0 Å². The van der Waals surface area contributed by atoms with Crippen LogP contribution in [0, 0.1) is 6.92 Å². The van der Waals surface area contributed by atoms with Gasteiger partial charge in [0.05, 0.1) is 11.3 Å². The van der Waals surface area contributed by atoms with E-state index < -0.39 is 23.7 Å². The van der Waals surface area contributed by atoms with Gasteiger partial charge in [0, 0.05) is 10.7 Å². The first kappa shape index (κ1) is 18.1. The quantitative estimate of drug-likeness (QED) is 0.799. The summed E-state index contributed by atoms with van der Waals surface area (Å²) in [5, 5.41) is 5.20. The second-order valence-corrected chi connectivity index (χ2v) is 5.85. The van der Waals surface area contributed by atoms with Crippen LogP contribution in [0.15, 0.2) is 42.5 Å². The first-order valence-electron chi connectivity index (χ1n) is 7.17. The first-order chi connectivity index (χ1) is 11.2. The summed E-state index contributed by atoms with van der Waals surface area (Å²) in [5.74, 6) is -0.579. The van der Waals surface area contributed by atoms with Crippen LogP contribution >= 0.6 is 11.6 Å². The predicted octanol–water partition coefficient (Wildman–Crippen LogP) is 5.11. The summed E-state index contributed by atoms with van der Waals surface area (Å²) >= 11 is 5.62. The molecule has 0 spiro atoms. The Hall–Kier alpha value is -2.21. The molecule has 0 saturated carbocycles. The molecule has 0 heterocycles. The minimum Gasteiger partial charge on any atom is -0.374 e. The Bertz CT molecular complexity index is 747. The summed E-state index contributed by atoms with van der Waals surface area (Å²) in [6, 6.07) is 9.85. The van der Waals surface area contributed by atoms with Crippen LogP contribution in [-0.4, -0.2) is 11.9 Å². The molecule has 0 aliphatic heterocycles. The van der Waals surface area contributed by atoms with E-state index in [-0.39, 0.29) is 10.7 Å². The second kappa shape index (κ2) is 7.13. The fraction of sp³-hybridized carbons (Fsp3) is 0.235. The van der Waals surface area contributed by atoms with E-state index >= 15 is 0 Å². The van der Waals surface area contributed by atoms with Gasteiger partial charge >= 0.3 is 6.18 Å². The van der Waals surface area contributed by atoms with Crippen LogP contribution in [0.1, 0.15) is 18.1 Å². The number of hydrogen-bond donors (Lipinski definition) is 2. The van der Waals surface area contributed by atoms with Gasteiger partial charge in [0.1, 0.15) is 6.04 Å². The third-order valence-corrected chi connectivity index (χ3v) is 3.57. The molecule has 24 heavy (non-hydrogen) atoms. The molecular formula is C17H16ClF3N2O. The highest BCUT2D eigenvalue weighted by Crippen LogP contribution is 2.36. The monoisotopic (exact) mass is 356 g/mol. The molecule has 0 unspecified atom stereocenters. The number of benzene rings is 2. The van der Waals surface area contributed by atoms with Gasteiger partial charge in [0.15, 0.2) is 0 Å². The molecule has 2 rings (SSSR count). The van der Waals surface area contributed by atoms with Crippen molar-refractivity contribution in [1.82, 2.24) is 0 Å². The van der Waals surface area contributed by atoms with Crippen molar-refractivity contribution >= 4 is 28.9 Å². The third kappa shape index (κ3) is 4.64. The van der Waals surface area contributed by atoms with Gasteiger partial charge in [-0.3, -0.25) is 4.79 Å². The number of carbonyl (C=O) groups excluding carboxylic acids is 1. The lowest BCUT2D eigenvalue weighted by atomic mass is 10.1. The Labute approximate surface area is 142 Å². The molecule has 1 amide bonds. The maximum atomic E-state index is 13.0. The molecule has 3 nitrogen and oxygen atoms in total. The van der Waals surface area contributed by atoms with Crippen molar-refractivity contribution in [3.05, 3.63) is 58.6 Å². The average Bonchev–Trinajstić information content (AvgIpc) is 2.48. The Kier molecular flexibility index (Phi) is 5.39. The van der Waals surface area contributed by atoms with Gasteiger partial charge in [0.25, 0.3) is 0 Å². The van der Waals surface area contributed by atoms with Crippen LogP contribution in [0.4, 0.5) is 24.5 Å². The van der Waals surface area contributed by atoms with Crippen molar-refractivity contribution in [2.75, 3.05) is 10.6 Å². The molecule has 0 fully saturated rings. The van der Waals surface area contributed by atoms with E-state index in [0.29, 0.717) is 5.69 Å². The lowest BCUT2D eigenvalue weighted by molar-refractivity contribution is -0.137. The standard InChI is InChI=1S/C17H16ClF3N2O/c1-10-4-3-5-13(8-10)22-11(2)16(24)23-15-7-6-12(18)9-14(15)17(19,20)21/h3-9,11,22H,1-2H3,(H,23,24)/t11-/m1/s1. The SMILES string of the molecule is Cc1cccc(N[C@H](C)C(=O)Nc2ccc(Cl)cc2C(F)(F)F)c1. The molecule has 2 aromatic rings. The van der Waals surface area contributed by atoms with Gasteiger partial charge in [-0.2, -0.15) is 13.2 Å². The maximum Gasteiger partial charge on any atom is 0.418 e. The normalized spacial score (nSPS) is 12.6. The minimum atomic E-state index is -4.61. The maximum absolute atomic E-state index is 13.0. The van der Waals surface area contributed by atoms with Gasteiger partial charge in [-0.1, -0.05) is 23.7 Å². The van der Waals surface area contributed by atoms with E-state index in [2.05, 4.69) is 10.6 Å². The Morgan fingerprint density at radius 1 is 1.17 bits per heavy atom. The number of alkyl halides is 3. The molecule has 0 radical (unpaired) electrons. The number of hydrogen-bond acceptors (Lipinski definition) is 2. The number of anilines is 2. The fourth-order valence-corrected chi connectivity index (χ4v) is 2.32. The minimum absolute atomic E-state index is 0.0498. The first-order valence-corrected chi connectivity index (χ1v) is 7.55. The van der Waals surface area contributed by atoms with Crippen molar-refractivity contribution < 1.29 is 18.0 Å². The smallest absolute Gasteiger partial charge is 0.374 e. The highest BCUT2D eigenvalue weighted by atomic mass is 35.5. The molecule has 0 aromatic heterocycles. The van der Waals surface area contributed by atoms with Crippen LogP contribution in [-0.2, 0) is 11.0 Å². The topological polar surface area (TPSA) is 41.1 Å². The number of rotatable bonds is 4. The Morgan fingerprint density at radius 3 is 2.50 bits per heavy atom. The van der Waals surface area contributed by atoms with Crippen LogP contribution in [0.5, 0.6) is 0 Å². The molecule has 1 atom stereocenters. The molecule has 0 aliphatic carbocycles. The van der Waals surface area contributed by atoms with Crippen molar-refractivity contribution in [1.29, 1.82) is 0 Å². The van der Waals surface area contributed by atoms with E-state index in [9.17, 15) is 18.0 Å². The number of amides is 1. The van der Waals surface area contributed by atoms with Crippen LogP contribution in [0.2, 0.25) is 5.02 Å². The average molecular weight is 357 g/mol. The van der Waals surface area contributed by atoms with Crippen molar-refractivity contribution in [2.45, 2.75) is 26.1 Å². The van der Waals surface area contributed by atoms with E-state index in [1.54, 1.807) is 13.0 Å². The van der Waals surface area contributed by atoms with Gasteiger partial charge in [-0.15, -0.1) is 0 Å². The Balaban J connectivity index is 2.14. The van der Waals surface area contributed by atoms with Crippen molar-refractivity contribution in [2.24, 2.45) is 0 Å². The second-order valence-electron chi connectivity index (χ2n) is 5.41. The number of aryl methyl sites for hydroxylation is 1. The molecule has 0 bridgehead atoms. The zero-order valence-corrected chi connectivity index (χ0v) is 13.8. The largest absolute Gasteiger partial charge is 0.418 e. The molecule has 7 heteroatoms. The zero-order valence-electron chi connectivity index (χ0n) is 13.0. The van der Waals surface area contributed by atoms with E-state index in [4.69, 9.17) is 11.6 Å². The molecule has 2 aromatic carbocycles. The molecular weight excluding hydrogens is 341 g/mol. The summed E-state index contributed by atoms with van der Waals surface area (Å²) in [6.07, 6.45) is -4.61. The lowest BCUT2D eigenvalue weighted by Gasteiger charge is -2.18. The van der Waals surface area contributed by atoms with Crippen LogP contribution in [0.3, 0.4) is 0 Å². The van der Waals surface area contributed by atoms with Crippen LogP contribution < -0.4 is 10.6 Å². The molecule has 128 valence electrons. The van der Waals surface area contributed by atoms with E-state index in [0.717, 1.165) is 17.7 Å². The summed E-state index contributed by atoms with van der Waals surface area (Å²) < 4.78 is 39.1. The van der Waals surface area contributed by atoms with Gasteiger partial charge < -0.3 is 10.6 Å². The number of carbonyl (C=O) groups is 1. The molecule has 0 aliphatic rings. The predicted molar refractivity (Wildman–Crippen MR) is 89.3 cm³/mol. The van der Waals surface area contributed by atoms with Gasteiger partial charge in [-0.05, 0) is 49.7 Å². The number of halogens is 4. The fourth-order valence-electron chi connectivity index (χ4n) is 2.15. The zero-order chi connectivity index (χ0) is 17.9. The highest BCUT2D eigenvalue weighted by Gasteiger charge is 2.34. The third-order valence-electron chi connectivity index (χ3n) is 3.34. The summed E-state index contributed by atoms with van der Waals surface area (Å²) in [7, 11) is 0. The molecule has 0 saturated heterocycles. The Morgan fingerprint density at radius 2 is 1.88 bits per heavy atom. The van der Waals surface area contributed by atoms with Gasteiger partial charge in [0.2, 0.25) is 5.91 Å². The van der Waals surface area contributed by atoms with E-state index in [1.807, 2.05) is 25.1 Å². The summed E-state index contributed by atoms with van der Waals surface area (Å²) in [6.45, 7) is 3.47.